The molecule has 1 N–H and O–H groups in total. The molecule has 0 spiro atoms. The summed E-state index contributed by atoms with van der Waals surface area (Å²) in [6, 6.07) is 4.55. The molecule has 0 unspecified atom stereocenters. The minimum Gasteiger partial charge on any atom is -0.321 e. The van der Waals surface area contributed by atoms with Crippen LogP contribution in [0.5, 0.6) is 0 Å². The van der Waals surface area contributed by atoms with Crippen molar-refractivity contribution in [2.75, 3.05) is 5.32 Å². The number of carbonyl (C=O) groups is 1. The van der Waals surface area contributed by atoms with Gasteiger partial charge in [-0.15, -0.1) is 0 Å². The molecular formula is C20H14F6N6O. The summed E-state index contributed by atoms with van der Waals surface area (Å²) < 4.78 is 83.2. The van der Waals surface area contributed by atoms with Crippen LogP contribution in [0.4, 0.5) is 32.0 Å². The maximum atomic E-state index is 14.1. The molecule has 0 aliphatic rings. The normalized spacial score (nSPS) is 12.4. The minimum atomic E-state index is -5.00. The molecule has 0 saturated carbocycles. The van der Waals surface area contributed by atoms with E-state index in [9.17, 15) is 31.1 Å². The summed E-state index contributed by atoms with van der Waals surface area (Å²) in [6.45, 7) is 1.73. The Labute approximate surface area is 181 Å². The molecule has 4 rings (SSSR count). The Kier molecular flexibility index (Phi) is 5.14. The number of hydrogen-bond donors (Lipinski definition) is 1. The van der Waals surface area contributed by atoms with Gasteiger partial charge in [-0.25, -0.2) is 4.98 Å². The van der Waals surface area contributed by atoms with Gasteiger partial charge in [-0.2, -0.15) is 31.4 Å². The Morgan fingerprint density at radius 1 is 1.00 bits per heavy atom. The highest BCUT2D eigenvalue weighted by molar-refractivity contribution is 6.05. The summed E-state index contributed by atoms with van der Waals surface area (Å²) in [5.74, 6) is -1.28. The Hall–Kier alpha value is -3.90. The number of aromatic nitrogens is 5. The molecule has 0 aromatic carbocycles. The van der Waals surface area contributed by atoms with E-state index < -0.39 is 40.9 Å². The highest BCUT2D eigenvalue weighted by Gasteiger charge is 2.43. The molecule has 0 bridgehead atoms. The molecule has 0 saturated heterocycles. The maximum Gasteiger partial charge on any atom is 0.433 e. The van der Waals surface area contributed by atoms with E-state index in [1.807, 2.05) is 0 Å². The standard InChI is InChI=1S/C20H14F6N6O/c1-10-3-4-12(32-8-7-28-17(10)32)15-14(20(24,25)26)16(31(2)30-15)18(33)29-11-5-6-27-13(9-11)19(21,22)23/h3-9H,1-2H3,(H,27,29,33). The van der Waals surface area contributed by atoms with Gasteiger partial charge in [0.2, 0.25) is 0 Å². The first-order valence-corrected chi connectivity index (χ1v) is 9.29. The summed E-state index contributed by atoms with van der Waals surface area (Å²) in [4.78, 5) is 20.1. The van der Waals surface area contributed by atoms with Crippen LogP contribution >= 0.6 is 0 Å². The van der Waals surface area contributed by atoms with Crippen LogP contribution in [-0.4, -0.2) is 30.1 Å². The van der Waals surface area contributed by atoms with Gasteiger partial charge >= 0.3 is 12.4 Å². The van der Waals surface area contributed by atoms with Crippen molar-refractivity contribution < 1.29 is 31.1 Å². The first-order valence-electron chi connectivity index (χ1n) is 9.29. The van der Waals surface area contributed by atoms with Gasteiger partial charge in [0.1, 0.15) is 28.3 Å². The van der Waals surface area contributed by atoms with E-state index >= 15 is 0 Å². The van der Waals surface area contributed by atoms with E-state index in [-0.39, 0.29) is 11.4 Å². The zero-order valence-electron chi connectivity index (χ0n) is 17.0. The number of hydrogen-bond acceptors (Lipinski definition) is 4. The second kappa shape index (κ2) is 7.60. The van der Waals surface area contributed by atoms with E-state index in [1.54, 1.807) is 13.0 Å². The van der Waals surface area contributed by atoms with Crippen molar-refractivity contribution in [1.82, 2.24) is 24.1 Å². The lowest BCUT2D eigenvalue weighted by Crippen LogP contribution is -2.21. The third-order valence-electron chi connectivity index (χ3n) is 4.84. The van der Waals surface area contributed by atoms with Gasteiger partial charge in [0.15, 0.2) is 0 Å². The van der Waals surface area contributed by atoms with Gasteiger partial charge in [-0.1, -0.05) is 6.07 Å². The summed E-state index contributed by atoms with van der Waals surface area (Å²) >= 11 is 0. The second-order valence-corrected chi connectivity index (χ2v) is 7.10. The number of fused-ring (bicyclic) bond motifs is 1. The van der Waals surface area contributed by atoms with Crippen LogP contribution in [0.3, 0.4) is 0 Å². The molecule has 1 amide bonds. The monoisotopic (exact) mass is 468 g/mol. The van der Waals surface area contributed by atoms with E-state index in [0.717, 1.165) is 24.0 Å². The predicted molar refractivity (Wildman–Crippen MR) is 104 cm³/mol. The first kappa shape index (κ1) is 22.3. The topological polar surface area (TPSA) is 77.1 Å². The molecule has 4 aromatic heterocycles. The number of nitrogens with zero attached hydrogens (tertiary/aromatic N) is 5. The molecule has 0 radical (unpaired) electrons. The van der Waals surface area contributed by atoms with Gasteiger partial charge < -0.3 is 5.32 Å². The third-order valence-corrected chi connectivity index (χ3v) is 4.84. The van der Waals surface area contributed by atoms with Gasteiger partial charge in [-0.05, 0) is 30.7 Å². The van der Waals surface area contributed by atoms with Crippen molar-refractivity contribution in [3.63, 3.8) is 0 Å². The van der Waals surface area contributed by atoms with Gasteiger partial charge in [-0.3, -0.25) is 18.9 Å². The largest absolute Gasteiger partial charge is 0.433 e. The Morgan fingerprint density at radius 3 is 2.39 bits per heavy atom. The van der Waals surface area contributed by atoms with Crippen LogP contribution in [0, 0.1) is 6.92 Å². The van der Waals surface area contributed by atoms with Crippen molar-refractivity contribution in [2.24, 2.45) is 7.05 Å². The lowest BCUT2D eigenvalue weighted by molar-refractivity contribution is -0.141. The zero-order chi connectivity index (χ0) is 24.1. The van der Waals surface area contributed by atoms with Crippen molar-refractivity contribution in [1.29, 1.82) is 0 Å². The summed E-state index contributed by atoms with van der Waals surface area (Å²) in [6.07, 6.45) is -6.12. The number of alkyl halides is 6. The SMILES string of the molecule is Cc1ccc(-c2nn(C)c(C(=O)Nc3ccnc(C(F)(F)F)c3)c2C(F)(F)F)n2ccnc12. The summed E-state index contributed by atoms with van der Waals surface area (Å²) in [5, 5.41) is 5.99. The van der Waals surface area contributed by atoms with Crippen LogP contribution in [0.2, 0.25) is 0 Å². The van der Waals surface area contributed by atoms with Crippen LogP contribution in [0.1, 0.15) is 27.3 Å². The van der Waals surface area contributed by atoms with E-state index in [1.165, 1.54) is 22.9 Å². The molecule has 4 heterocycles. The number of imidazole rings is 1. The number of rotatable bonds is 3. The number of amides is 1. The number of aryl methyl sites for hydroxylation is 2. The smallest absolute Gasteiger partial charge is 0.321 e. The minimum absolute atomic E-state index is 0.0401. The van der Waals surface area contributed by atoms with Crippen LogP contribution in [0.15, 0.2) is 42.9 Å². The van der Waals surface area contributed by atoms with Gasteiger partial charge in [0.05, 0.1) is 5.69 Å². The van der Waals surface area contributed by atoms with E-state index in [4.69, 9.17) is 0 Å². The van der Waals surface area contributed by atoms with Gasteiger partial charge in [0, 0.05) is 31.3 Å². The van der Waals surface area contributed by atoms with Crippen LogP contribution in [0.25, 0.3) is 17.0 Å². The fourth-order valence-corrected chi connectivity index (χ4v) is 3.43. The lowest BCUT2D eigenvalue weighted by atomic mass is 10.1. The molecule has 33 heavy (non-hydrogen) atoms. The molecule has 4 aromatic rings. The Balaban J connectivity index is 1.83. The summed E-state index contributed by atoms with van der Waals surface area (Å²) in [5.41, 5.74) is -3.22. The van der Waals surface area contributed by atoms with Crippen molar-refractivity contribution in [2.45, 2.75) is 19.3 Å². The zero-order valence-corrected chi connectivity index (χ0v) is 17.0. The average Bonchev–Trinajstić information content (AvgIpc) is 3.33. The molecule has 0 atom stereocenters. The summed E-state index contributed by atoms with van der Waals surface area (Å²) in [7, 11) is 1.14. The number of carbonyl (C=O) groups excluding carboxylic acids is 1. The third kappa shape index (κ3) is 4.01. The number of halogens is 6. The fraction of sp³-hybridized carbons (Fsp3) is 0.200. The number of anilines is 1. The van der Waals surface area contributed by atoms with Crippen LogP contribution < -0.4 is 5.32 Å². The van der Waals surface area contributed by atoms with Crippen molar-refractivity contribution >= 4 is 17.2 Å². The lowest BCUT2D eigenvalue weighted by Gasteiger charge is -2.13. The quantitative estimate of drug-likeness (QED) is 0.441. The molecule has 172 valence electrons. The second-order valence-electron chi connectivity index (χ2n) is 7.10. The Morgan fingerprint density at radius 2 is 1.73 bits per heavy atom. The van der Waals surface area contributed by atoms with E-state index in [0.29, 0.717) is 17.3 Å². The number of pyridine rings is 2. The molecular weight excluding hydrogens is 454 g/mol. The van der Waals surface area contributed by atoms with Crippen molar-refractivity contribution in [3.8, 4) is 11.4 Å². The van der Waals surface area contributed by atoms with Crippen LogP contribution in [-0.2, 0) is 19.4 Å². The Bertz CT molecular complexity index is 1370. The molecule has 0 fully saturated rings. The van der Waals surface area contributed by atoms with E-state index in [2.05, 4.69) is 20.4 Å². The molecule has 7 nitrogen and oxygen atoms in total. The molecule has 0 aliphatic carbocycles. The highest BCUT2D eigenvalue weighted by atomic mass is 19.4. The van der Waals surface area contributed by atoms with Gasteiger partial charge in [0.25, 0.3) is 5.91 Å². The highest BCUT2D eigenvalue weighted by Crippen LogP contribution is 2.39. The van der Waals surface area contributed by atoms with Crippen molar-refractivity contribution in [3.05, 3.63) is 65.4 Å². The molecule has 0 aliphatic heterocycles. The fourth-order valence-electron chi connectivity index (χ4n) is 3.43. The first-order chi connectivity index (χ1) is 15.4. The average molecular weight is 468 g/mol. The number of nitrogens with one attached hydrogen (secondary N) is 1. The molecule has 13 heteroatoms. The maximum absolute atomic E-state index is 14.1. The predicted octanol–water partition coefficient (Wildman–Crippen LogP) is 4.73.